The first kappa shape index (κ1) is 17.9. The summed E-state index contributed by atoms with van der Waals surface area (Å²) in [7, 11) is 0. The van der Waals surface area contributed by atoms with Crippen LogP contribution in [0, 0.1) is 5.92 Å². The van der Waals surface area contributed by atoms with Crippen molar-refractivity contribution >= 4 is 10.9 Å². The number of hydrogen-bond acceptors (Lipinski definition) is 6. The maximum Gasteiger partial charge on any atom is 0.131 e. The fraction of sp³-hybridized carbons (Fsp3) is 0.500. The van der Waals surface area contributed by atoms with Crippen LogP contribution < -0.4 is 0 Å². The van der Waals surface area contributed by atoms with Gasteiger partial charge in [-0.25, -0.2) is 0 Å². The van der Waals surface area contributed by atoms with Crippen molar-refractivity contribution in [3.05, 3.63) is 41.8 Å². The highest BCUT2D eigenvalue weighted by molar-refractivity contribution is 5.78. The monoisotopic (exact) mass is 348 g/mol. The second kappa shape index (κ2) is 7.13. The Morgan fingerprint density at radius 3 is 2.72 bits per heavy atom. The molecule has 25 heavy (non-hydrogen) atoms. The Morgan fingerprint density at radius 1 is 1.28 bits per heavy atom. The molecule has 1 aliphatic rings. The maximum absolute atomic E-state index is 10.3. The average Bonchev–Trinajstić information content (AvgIpc) is 3.04. The lowest BCUT2D eigenvalue weighted by Gasteiger charge is -2.38. The van der Waals surface area contributed by atoms with E-state index in [2.05, 4.69) is 5.10 Å². The van der Waals surface area contributed by atoms with Crippen LogP contribution in [0.4, 0.5) is 0 Å². The van der Waals surface area contributed by atoms with Crippen LogP contribution in [0.15, 0.2) is 36.2 Å². The number of aliphatic hydroxyl groups excluding tert-OH is 4. The van der Waals surface area contributed by atoms with Gasteiger partial charge in [-0.2, -0.15) is 5.10 Å². The molecule has 1 aliphatic heterocycles. The van der Waals surface area contributed by atoms with E-state index < -0.39 is 24.9 Å². The summed E-state index contributed by atoms with van der Waals surface area (Å²) in [4.78, 5) is 0. The molecule has 2 aromatic rings. The van der Waals surface area contributed by atoms with E-state index in [1.54, 1.807) is 6.92 Å². The van der Waals surface area contributed by atoms with Crippen LogP contribution in [0.5, 0.6) is 0 Å². The molecule has 136 valence electrons. The molecular formula is C18H24N2O5. The Balaban J connectivity index is 1.94. The summed E-state index contributed by atoms with van der Waals surface area (Å²) in [6.07, 6.45) is 0.715. The number of aromatic nitrogens is 2. The molecular weight excluding hydrogens is 324 g/mol. The Hall–Kier alpha value is -1.93. The first-order valence-electron chi connectivity index (χ1n) is 8.35. The minimum absolute atomic E-state index is 0.0267. The van der Waals surface area contributed by atoms with Gasteiger partial charge in [-0.1, -0.05) is 13.0 Å². The first-order valence-corrected chi connectivity index (χ1v) is 8.35. The summed E-state index contributed by atoms with van der Waals surface area (Å²) >= 11 is 0. The number of hydrogen-bond donors (Lipinski definition) is 4. The van der Waals surface area contributed by atoms with Crippen molar-refractivity contribution in [1.82, 2.24) is 9.78 Å². The first-order chi connectivity index (χ1) is 11.9. The lowest BCUT2D eigenvalue weighted by Crippen LogP contribution is -2.47. The quantitative estimate of drug-likeness (QED) is 0.634. The molecule has 0 amide bonds. The summed E-state index contributed by atoms with van der Waals surface area (Å²) < 4.78 is 7.52. The SMILES string of the molecule is CC1=C[C@H](n2cc3cc(CO)ccc3n2)[C@@H](C)[C@H](C(O)C(O)CO)O1. The largest absolute Gasteiger partial charge is 0.492 e. The predicted octanol–water partition coefficient (Wildman–Crippen LogP) is 0.722. The van der Waals surface area contributed by atoms with Gasteiger partial charge in [-0.3, -0.25) is 4.68 Å². The zero-order chi connectivity index (χ0) is 18.1. The summed E-state index contributed by atoms with van der Waals surface area (Å²) in [5.41, 5.74) is 1.63. The highest BCUT2D eigenvalue weighted by Gasteiger charge is 2.39. The number of allylic oxidation sites excluding steroid dienone is 2. The number of rotatable bonds is 5. The smallest absolute Gasteiger partial charge is 0.131 e. The van der Waals surface area contributed by atoms with E-state index in [1.165, 1.54) is 0 Å². The van der Waals surface area contributed by atoms with Gasteiger partial charge in [0, 0.05) is 17.5 Å². The van der Waals surface area contributed by atoms with Gasteiger partial charge in [-0.15, -0.1) is 0 Å². The van der Waals surface area contributed by atoms with Crippen LogP contribution in [0.25, 0.3) is 10.9 Å². The fourth-order valence-corrected chi connectivity index (χ4v) is 3.32. The molecule has 1 aromatic heterocycles. The summed E-state index contributed by atoms with van der Waals surface area (Å²) in [5.74, 6) is 0.458. The number of fused-ring (bicyclic) bond motifs is 1. The molecule has 2 unspecified atom stereocenters. The van der Waals surface area contributed by atoms with Gasteiger partial charge in [0.1, 0.15) is 18.3 Å². The van der Waals surface area contributed by atoms with E-state index in [4.69, 9.17) is 9.84 Å². The Labute approximate surface area is 145 Å². The number of nitrogens with zero attached hydrogens (tertiary/aromatic N) is 2. The second-order valence-corrected chi connectivity index (χ2v) is 6.61. The lowest BCUT2D eigenvalue weighted by molar-refractivity contribution is -0.113. The number of benzene rings is 1. The number of ether oxygens (including phenoxy) is 1. The fourth-order valence-electron chi connectivity index (χ4n) is 3.32. The molecule has 0 radical (unpaired) electrons. The molecule has 0 saturated carbocycles. The molecule has 0 aliphatic carbocycles. The minimum Gasteiger partial charge on any atom is -0.492 e. The van der Waals surface area contributed by atoms with Crippen LogP contribution in [0.1, 0.15) is 25.5 Å². The standard InChI is InChI=1S/C18H24N2O5/c1-10-5-15(11(2)18(25-10)17(24)16(23)9-22)20-7-13-6-12(8-21)3-4-14(13)19-20/h3-7,11,15-18,21-24H,8-9H2,1-2H3/t11-,15+,16?,17?,18-/m1/s1. The van der Waals surface area contributed by atoms with Gasteiger partial charge in [0.25, 0.3) is 0 Å². The average molecular weight is 348 g/mol. The van der Waals surface area contributed by atoms with Crippen molar-refractivity contribution in [2.45, 2.75) is 44.8 Å². The van der Waals surface area contributed by atoms with Gasteiger partial charge in [0.2, 0.25) is 0 Å². The van der Waals surface area contributed by atoms with Crippen LogP contribution in [0.2, 0.25) is 0 Å². The van der Waals surface area contributed by atoms with Gasteiger partial charge in [0.15, 0.2) is 0 Å². The summed E-state index contributed by atoms with van der Waals surface area (Å²) in [6.45, 7) is 3.14. The molecule has 0 bridgehead atoms. The van der Waals surface area contributed by atoms with Gasteiger partial charge in [0.05, 0.1) is 30.5 Å². The van der Waals surface area contributed by atoms with Crippen LogP contribution in [-0.4, -0.2) is 55.1 Å². The third-order valence-corrected chi connectivity index (χ3v) is 4.78. The molecule has 3 rings (SSSR count). The van der Waals surface area contributed by atoms with Gasteiger partial charge in [-0.05, 0) is 30.7 Å². The highest BCUT2D eigenvalue weighted by Crippen LogP contribution is 2.34. The summed E-state index contributed by atoms with van der Waals surface area (Å²) in [6, 6.07) is 5.42. The molecule has 4 N–H and O–H groups in total. The van der Waals surface area contributed by atoms with Crippen LogP contribution in [-0.2, 0) is 11.3 Å². The zero-order valence-corrected chi connectivity index (χ0v) is 14.3. The van der Waals surface area contributed by atoms with E-state index in [0.717, 1.165) is 16.5 Å². The minimum atomic E-state index is -1.26. The van der Waals surface area contributed by atoms with Crippen molar-refractivity contribution in [3.8, 4) is 0 Å². The second-order valence-electron chi connectivity index (χ2n) is 6.61. The molecule has 5 atom stereocenters. The molecule has 7 heteroatoms. The topological polar surface area (TPSA) is 108 Å². The predicted molar refractivity (Wildman–Crippen MR) is 91.6 cm³/mol. The normalized spacial score (nSPS) is 26.2. The molecule has 1 aromatic carbocycles. The zero-order valence-electron chi connectivity index (χ0n) is 14.3. The van der Waals surface area contributed by atoms with Crippen molar-refractivity contribution in [1.29, 1.82) is 0 Å². The molecule has 0 saturated heterocycles. The van der Waals surface area contributed by atoms with E-state index in [-0.39, 0.29) is 18.6 Å². The Bertz CT molecular complexity index is 772. The van der Waals surface area contributed by atoms with E-state index in [0.29, 0.717) is 5.76 Å². The molecule has 2 heterocycles. The third-order valence-electron chi connectivity index (χ3n) is 4.78. The van der Waals surface area contributed by atoms with Crippen LogP contribution >= 0.6 is 0 Å². The van der Waals surface area contributed by atoms with E-state index >= 15 is 0 Å². The van der Waals surface area contributed by atoms with E-state index in [9.17, 15) is 15.3 Å². The van der Waals surface area contributed by atoms with Gasteiger partial charge < -0.3 is 25.2 Å². The van der Waals surface area contributed by atoms with E-state index in [1.807, 2.05) is 42.1 Å². The van der Waals surface area contributed by atoms with Crippen molar-refractivity contribution in [2.24, 2.45) is 5.92 Å². The Kier molecular flexibility index (Phi) is 5.10. The van der Waals surface area contributed by atoms with Crippen molar-refractivity contribution in [2.75, 3.05) is 6.61 Å². The van der Waals surface area contributed by atoms with Crippen molar-refractivity contribution < 1.29 is 25.2 Å². The summed E-state index contributed by atoms with van der Waals surface area (Å²) in [5, 5.41) is 43.9. The lowest BCUT2D eigenvalue weighted by atomic mass is 9.87. The van der Waals surface area contributed by atoms with Crippen LogP contribution in [0.3, 0.4) is 0 Å². The number of aliphatic hydroxyl groups is 4. The van der Waals surface area contributed by atoms with Crippen molar-refractivity contribution in [3.63, 3.8) is 0 Å². The Morgan fingerprint density at radius 2 is 2.04 bits per heavy atom. The molecule has 7 nitrogen and oxygen atoms in total. The highest BCUT2D eigenvalue weighted by atomic mass is 16.5. The maximum atomic E-state index is 10.3. The molecule has 0 spiro atoms. The third kappa shape index (κ3) is 3.41. The van der Waals surface area contributed by atoms with Gasteiger partial charge >= 0.3 is 0 Å². The molecule has 0 fully saturated rings.